The highest BCUT2D eigenvalue weighted by atomic mass is 32.2. The molecule has 3 heterocycles. The van der Waals surface area contributed by atoms with Gasteiger partial charge in [-0.05, 0) is 55.7 Å². The summed E-state index contributed by atoms with van der Waals surface area (Å²) in [6.45, 7) is 2.96. The van der Waals surface area contributed by atoms with Crippen molar-refractivity contribution in [3.63, 3.8) is 0 Å². The Balaban J connectivity index is 1.63. The van der Waals surface area contributed by atoms with Gasteiger partial charge in [0.1, 0.15) is 5.82 Å². The molecular weight excluding hydrogens is 419 g/mol. The number of halogens is 1. The summed E-state index contributed by atoms with van der Waals surface area (Å²) in [4.78, 5) is 34.9. The molecule has 2 aromatic heterocycles. The number of rotatable bonds is 7. The first kappa shape index (κ1) is 21.5. The zero-order valence-electron chi connectivity index (χ0n) is 17.1. The van der Waals surface area contributed by atoms with Gasteiger partial charge < -0.3 is 10.1 Å². The van der Waals surface area contributed by atoms with Crippen LogP contribution in [0.5, 0.6) is 0 Å². The Morgan fingerprint density at radius 2 is 2.16 bits per heavy atom. The quantitative estimate of drug-likeness (QED) is 0.444. The van der Waals surface area contributed by atoms with Crippen LogP contribution in [-0.4, -0.2) is 38.4 Å². The highest BCUT2D eigenvalue weighted by molar-refractivity contribution is 8.00. The van der Waals surface area contributed by atoms with Crippen molar-refractivity contribution in [3.05, 3.63) is 58.8 Å². The van der Waals surface area contributed by atoms with Crippen molar-refractivity contribution in [2.45, 2.75) is 49.2 Å². The van der Waals surface area contributed by atoms with E-state index in [0.717, 1.165) is 12.8 Å². The van der Waals surface area contributed by atoms with Crippen LogP contribution in [0.4, 0.5) is 10.1 Å². The largest absolute Gasteiger partial charge is 0.376 e. The topological polar surface area (TPSA) is 86.1 Å². The van der Waals surface area contributed by atoms with Gasteiger partial charge in [0, 0.05) is 18.5 Å². The fourth-order valence-electron chi connectivity index (χ4n) is 3.48. The zero-order chi connectivity index (χ0) is 21.8. The Hall–Kier alpha value is -2.78. The number of carbonyl (C=O) groups is 1. The van der Waals surface area contributed by atoms with Crippen LogP contribution < -0.4 is 10.9 Å². The van der Waals surface area contributed by atoms with E-state index in [1.54, 1.807) is 22.9 Å². The van der Waals surface area contributed by atoms with Gasteiger partial charge in [-0.25, -0.2) is 14.4 Å². The highest BCUT2D eigenvalue weighted by Gasteiger charge is 2.25. The van der Waals surface area contributed by atoms with Crippen LogP contribution in [0.1, 0.15) is 26.2 Å². The molecule has 9 heteroatoms. The maximum absolute atomic E-state index is 13.2. The summed E-state index contributed by atoms with van der Waals surface area (Å²) in [5, 5.41) is 3.19. The highest BCUT2D eigenvalue weighted by Crippen LogP contribution is 2.27. The van der Waals surface area contributed by atoms with Gasteiger partial charge in [0.15, 0.2) is 10.8 Å². The van der Waals surface area contributed by atoms with Gasteiger partial charge in [-0.15, -0.1) is 0 Å². The number of nitrogens with zero attached hydrogens (tertiary/aromatic N) is 3. The third-order valence-electron chi connectivity index (χ3n) is 5.13. The molecule has 2 atom stereocenters. The van der Waals surface area contributed by atoms with Crippen LogP contribution in [-0.2, 0) is 16.1 Å². The van der Waals surface area contributed by atoms with Gasteiger partial charge in [-0.2, -0.15) is 0 Å². The summed E-state index contributed by atoms with van der Waals surface area (Å²) >= 11 is 1.23. The molecule has 1 aromatic carbocycles. The Morgan fingerprint density at radius 1 is 1.35 bits per heavy atom. The first-order valence-electron chi connectivity index (χ1n) is 10.3. The van der Waals surface area contributed by atoms with E-state index in [2.05, 4.69) is 15.3 Å². The number of amides is 1. The summed E-state index contributed by atoms with van der Waals surface area (Å²) in [5.74, 6) is -0.608. The third kappa shape index (κ3) is 4.94. The van der Waals surface area contributed by atoms with Gasteiger partial charge in [0.2, 0.25) is 5.91 Å². The van der Waals surface area contributed by atoms with E-state index < -0.39 is 5.25 Å². The molecule has 0 bridgehead atoms. The first-order valence-corrected chi connectivity index (χ1v) is 11.1. The van der Waals surface area contributed by atoms with Gasteiger partial charge in [-0.1, -0.05) is 18.7 Å². The number of aromatic nitrogens is 3. The van der Waals surface area contributed by atoms with Crippen molar-refractivity contribution in [2.75, 3.05) is 11.9 Å². The van der Waals surface area contributed by atoms with Crippen LogP contribution >= 0.6 is 11.8 Å². The summed E-state index contributed by atoms with van der Waals surface area (Å²) in [6.07, 6.45) is 3.90. The SMILES string of the molecule is CCC(Sc1nc2ncccc2c(=O)n1CC1CCCO1)C(=O)Nc1ccc(F)cc1. The summed E-state index contributed by atoms with van der Waals surface area (Å²) in [7, 11) is 0. The van der Waals surface area contributed by atoms with Crippen molar-refractivity contribution in [1.29, 1.82) is 0 Å². The minimum atomic E-state index is -0.492. The first-order chi connectivity index (χ1) is 15.0. The molecule has 0 radical (unpaired) electrons. The molecule has 0 saturated carbocycles. The number of carbonyl (C=O) groups excluding carboxylic acids is 1. The Kier molecular flexibility index (Phi) is 6.62. The number of anilines is 1. The number of ether oxygens (including phenoxy) is 1. The maximum Gasteiger partial charge on any atom is 0.263 e. The predicted molar refractivity (Wildman–Crippen MR) is 118 cm³/mol. The van der Waals surface area contributed by atoms with E-state index in [-0.39, 0.29) is 23.4 Å². The molecule has 1 N–H and O–H groups in total. The third-order valence-corrected chi connectivity index (χ3v) is 6.48. The molecule has 4 rings (SSSR count). The lowest BCUT2D eigenvalue weighted by molar-refractivity contribution is -0.115. The molecular formula is C22H23FN4O3S. The second-order valence-electron chi connectivity index (χ2n) is 7.33. The Labute approximate surface area is 183 Å². The molecule has 1 aliphatic rings. The Bertz CT molecular complexity index is 1130. The number of fused-ring (bicyclic) bond motifs is 1. The molecule has 0 spiro atoms. The number of thioether (sulfide) groups is 1. The van der Waals surface area contributed by atoms with Crippen LogP contribution in [0, 0.1) is 5.82 Å². The smallest absolute Gasteiger partial charge is 0.263 e. The second kappa shape index (κ2) is 9.57. The second-order valence-corrected chi connectivity index (χ2v) is 8.50. The lowest BCUT2D eigenvalue weighted by atomic mass is 10.2. The average molecular weight is 443 g/mol. The van der Waals surface area contributed by atoms with Crippen molar-refractivity contribution >= 4 is 34.4 Å². The monoisotopic (exact) mass is 442 g/mol. The van der Waals surface area contributed by atoms with Crippen molar-refractivity contribution in [3.8, 4) is 0 Å². The van der Waals surface area contributed by atoms with E-state index in [9.17, 15) is 14.0 Å². The van der Waals surface area contributed by atoms with Crippen molar-refractivity contribution in [1.82, 2.24) is 14.5 Å². The standard InChI is InChI=1S/C22H23FN4O3S/c1-2-18(20(28)25-15-9-7-14(23)8-10-15)31-22-26-19-17(6-3-11-24-19)21(29)27(22)13-16-5-4-12-30-16/h3,6-11,16,18H,2,4-5,12-13H2,1H3,(H,25,28). The normalized spacial score (nSPS) is 17.0. The van der Waals surface area contributed by atoms with Crippen LogP contribution in [0.15, 0.2) is 52.5 Å². The van der Waals surface area contributed by atoms with E-state index in [1.165, 1.54) is 36.0 Å². The van der Waals surface area contributed by atoms with Crippen molar-refractivity contribution < 1.29 is 13.9 Å². The molecule has 1 amide bonds. The number of nitrogens with one attached hydrogen (secondary N) is 1. The van der Waals surface area contributed by atoms with Crippen molar-refractivity contribution in [2.24, 2.45) is 0 Å². The number of benzene rings is 1. The lowest BCUT2D eigenvalue weighted by Crippen LogP contribution is -2.31. The minimum Gasteiger partial charge on any atom is -0.376 e. The predicted octanol–water partition coefficient (Wildman–Crippen LogP) is 3.62. The molecule has 162 valence electrons. The van der Waals surface area contributed by atoms with E-state index in [4.69, 9.17) is 4.74 Å². The van der Waals surface area contributed by atoms with E-state index >= 15 is 0 Å². The van der Waals surface area contributed by atoms with E-state index in [0.29, 0.717) is 41.4 Å². The zero-order valence-corrected chi connectivity index (χ0v) is 17.9. The summed E-state index contributed by atoms with van der Waals surface area (Å²) in [5.41, 5.74) is 0.674. The van der Waals surface area contributed by atoms with Gasteiger partial charge in [0.25, 0.3) is 5.56 Å². The molecule has 1 aliphatic heterocycles. The molecule has 31 heavy (non-hydrogen) atoms. The van der Waals surface area contributed by atoms with Crippen LogP contribution in [0.3, 0.4) is 0 Å². The molecule has 7 nitrogen and oxygen atoms in total. The fraction of sp³-hybridized carbons (Fsp3) is 0.364. The van der Waals surface area contributed by atoms with Crippen LogP contribution in [0.25, 0.3) is 11.0 Å². The van der Waals surface area contributed by atoms with E-state index in [1.807, 2.05) is 6.92 Å². The molecule has 0 aliphatic carbocycles. The Morgan fingerprint density at radius 3 is 2.87 bits per heavy atom. The summed E-state index contributed by atoms with van der Waals surface area (Å²) in [6, 6.07) is 9.02. The summed E-state index contributed by atoms with van der Waals surface area (Å²) < 4.78 is 20.5. The van der Waals surface area contributed by atoms with Gasteiger partial charge in [-0.3, -0.25) is 14.2 Å². The van der Waals surface area contributed by atoms with Gasteiger partial charge in [0.05, 0.1) is 23.3 Å². The fourth-order valence-corrected chi connectivity index (χ4v) is 4.50. The average Bonchev–Trinajstić information content (AvgIpc) is 3.29. The maximum atomic E-state index is 13.2. The molecule has 2 unspecified atom stereocenters. The number of pyridine rings is 1. The van der Waals surface area contributed by atoms with Crippen LogP contribution in [0.2, 0.25) is 0 Å². The molecule has 1 fully saturated rings. The molecule has 1 saturated heterocycles. The molecule has 3 aromatic rings. The minimum absolute atomic E-state index is 0.0545. The number of hydrogen-bond donors (Lipinski definition) is 1. The lowest BCUT2D eigenvalue weighted by Gasteiger charge is -2.19. The van der Waals surface area contributed by atoms with Gasteiger partial charge >= 0.3 is 0 Å². The number of hydrogen-bond acceptors (Lipinski definition) is 6.